The number of carbonyl (C=O) groups is 1. The molecular weight excluding hydrogens is 392 g/mol. The monoisotopic (exact) mass is 422 g/mol. The highest BCUT2D eigenvalue weighted by Crippen LogP contribution is 2.29. The Bertz CT molecular complexity index is 758. The lowest BCUT2D eigenvalue weighted by Crippen LogP contribution is -2.34. The number of carbonyl (C=O) groups excluding carboxylic acids is 1. The number of halogens is 2. The molecule has 0 bridgehead atoms. The molecule has 1 aromatic carbocycles. The highest BCUT2D eigenvalue weighted by molar-refractivity contribution is 7.98. The summed E-state index contributed by atoms with van der Waals surface area (Å²) in [5.41, 5.74) is 6.41. The summed E-state index contributed by atoms with van der Waals surface area (Å²) in [6.45, 7) is 3.25. The SMILES string of the molecule is CCCCCCCC[n+]1cccc(CSc2ccccc2NNC(=O)C(F)F)c1. The molecule has 7 heteroatoms. The third-order valence-corrected chi connectivity index (χ3v) is 5.63. The van der Waals surface area contributed by atoms with Crippen molar-refractivity contribution >= 4 is 23.4 Å². The van der Waals surface area contributed by atoms with Crippen molar-refractivity contribution in [3.8, 4) is 0 Å². The number of nitrogens with one attached hydrogen (secondary N) is 2. The molecule has 1 heterocycles. The molecular formula is C22H30F2N3OS+. The molecule has 0 spiro atoms. The van der Waals surface area contributed by atoms with E-state index in [0.29, 0.717) is 5.69 Å². The minimum atomic E-state index is -3.05. The average molecular weight is 423 g/mol. The standard InChI is InChI=1S/C22H29F2N3OS/c1-2-3-4-5-6-9-14-27-15-10-11-18(16-27)17-29-20-13-8-7-12-19(20)25-26-22(28)21(23)24/h7-8,10-13,15-16,21,25H,2-6,9,14,17H2,1H3/p+1. The molecule has 4 nitrogen and oxygen atoms in total. The van der Waals surface area contributed by atoms with E-state index < -0.39 is 12.3 Å². The lowest BCUT2D eigenvalue weighted by atomic mass is 10.1. The number of pyridine rings is 1. The van der Waals surface area contributed by atoms with Crippen LogP contribution in [0.5, 0.6) is 0 Å². The van der Waals surface area contributed by atoms with Crippen LogP contribution < -0.4 is 15.4 Å². The molecule has 29 heavy (non-hydrogen) atoms. The molecule has 0 fully saturated rings. The molecule has 0 saturated heterocycles. The Hall–Kier alpha value is -2.15. The van der Waals surface area contributed by atoms with Gasteiger partial charge in [0.25, 0.3) is 0 Å². The Morgan fingerprint density at radius 3 is 2.62 bits per heavy atom. The fourth-order valence-electron chi connectivity index (χ4n) is 2.92. The number of hydrogen-bond donors (Lipinski definition) is 2. The fourth-order valence-corrected chi connectivity index (χ4v) is 3.86. The van der Waals surface area contributed by atoms with Crippen LogP contribution in [0, 0.1) is 0 Å². The van der Waals surface area contributed by atoms with Gasteiger partial charge in [0.15, 0.2) is 12.4 Å². The van der Waals surface area contributed by atoms with E-state index in [1.807, 2.05) is 17.6 Å². The van der Waals surface area contributed by atoms with Gasteiger partial charge in [0, 0.05) is 28.7 Å². The number of alkyl halides is 2. The minimum Gasteiger partial charge on any atom is -0.297 e. The summed E-state index contributed by atoms with van der Waals surface area (Å²) in [5, 5.41) is 0. The number of anilines is 1. The van der Waals surface area contributed by atoms with Crippen LogP contribution in [0.15, 0.2) is 53.7 Å². The number of thioether (sulfide) groups is 1. The van der Waals surface area contributed by atoms with Crippen LogP contribution in [0.1, 0.15) is 51.0 Å². The number of nitrogens with zero attached hydrogens (tertiary/aromatic N) is 1. The van der Waals surface area contributed by atoms with Gasteiger partial charge in [-0.2, -0.15) is 8.78 Å². The largest absolute Gasteiger partial charge is 0.317 e. The number of unbranched alkanes of at least 4 members (excludes halogenated alkanes) is 5. The van der Waals surface area contributed by atoms with Crippen LogP contribution in [0.25, 0.3) is 0 Å². The number of hydrazine groups is 1. The van der Waals surface area contributed by atoms with Gasteiger partial charge in [0.2, 0.25) is 0 Å². The van der Waals surface area contributed by atoms with Crippen LogP contribution in [0.4, 0.5) is 14.5 Å². The number of rotatable bonds is 13. The van der Waals surface area contributed by atoms with E-state index in [-0.39, 0.29) is 0 Å². The maximum Gasteiger partial charge on any atom is 0.317 e. The van der Waals surface area contributed by atoms with Crippen molar-refractivity contribution in [2.75, 3.05) is 5.43 Å². The van der Waals surface area contributed by atoms with Gasteiger partial charge in [-0.05, 0) is 24.6 Å². The lowest BCUT2D eigenvalue weighted by Gasteiger charge is -2.12. The molecule has 2 N–H and O–H groups in total. The van der Waals surface area contributed by atoms with Gasteiger partial charge >= 0.3 is 12.3 Å². The molecule has 1 amide bonds. The van der Waals surface area contributed by atoms with Crippen molar-refractivity contribution in [2.45, 2.75) is 69.1 Å². The molecule has 0 radical (unpaired) electrons. The topological polar surface area (TPSA) is 45.0 Å². The quantitative estimate of drug-likeness (QED) is 0.198. The fraction of sp³-hybridized carbons (Fsp3) is 0.455. The summed E-state index contributed by atoms with van der Waals surface area (Å²) in [4.78, 5) is 12.0. The van der Waals surface area contributed by atoms with Crippen molar-refractivity contribution in [3.05, 3.63) is 54.4 Å². The van der Waals surface area contributed by atoms with Crippen LogP contribution in [-0.4, -0.2) is 12.3 Å². The van der Waals surface area contributed by atoms with Crippen LogP contribution in [-0.2, 0) is 17.1 Å². The highest BCUT2D eigenvalue weighted by atomic mass is 32.2. The predicted molar refractivity (Wildman–Crippen MR) is 114 cm³/mol. The molecule has 0 unspecified atom stereocenters. The van der Waals surface area contributed by atoms with Gasteiger partial charge in [0.1, 0.15) is 6.54 Å². The second-order valence-electron chi connectivity index (χ2n) is 6.92. The maximum absolute atomic E-state index is 12.3. The molecule has 0 atom stereocenters. The first-order chi connectivity index (χ1) is 14.1. The second kappa shape index (κ2) is 13.1. The van der Waals surface area contributed by atoms with Gasteiger partial charge in [-0.3, -0.25) is 15.6 Å². The van der Waals surface area contributed by atoms with Crippen LogP contribution in [0.3, 0.4) is 0 Å². The van der Waals surface area contributed by atoms with E-state index in [9.17, 15) is 13.6 Å². The maximum atomic E-state index is 12.3. The van der Waals surface area contributed by atoms with Gasteiger partial charge < -0.3 is 0 Å². The van der Waals surface area contributed by atoms with Gasteiger partial charge in [-0.15, -0.1) is 11.8 Å². The first-order valence-electron chi connectivity index (χ1n) is 10.1. The first kappa shape index (κ1) is 23.1. The van der Waals surface area contributed by atoms with Crippen molar-refractivity contribution < 1.29 is 18.1 Å². The average Bonchev–Trinajstić information content (AvgIpc) is 2.73. The van der Waals surface area contributed by atoms with E-state index in [4.69, 9.17) is 0 Å². The molecule has 0 aliphatic rings. The minimum absolute atomic E-state index is 0.599. The van der Waals surface area contributed by atoms with E-state index in [1.54, 1.807) is 23.9 Å². The Morgan fingerprint density at radius 1 is 1.07 bits per heavy atom. The smallest absolute Gasteiger partial charge is 0.297 e. The van der Waals surface area contributed by atoms with Gasteiger partial charge in [0.05, 0.1) is 5.69 Å². The van der Waals surface area contributed by atoms with E-state index in [0.717, 1.165) is 17.2 Å². The van der Waals surface area contributed by atoms with Gasteiger partial charge in [-0.25, -0.2) is 4.57 Å². The molecule has 1 aromatic heterocycles. The number of hydrogen-bond acceptors (Lipinski definition) is 3. The van der Waals surface area contributed by atoms with Crippen LogP contribution >= 0.6 is 11.8 Å². The number of para-hydroxylation sites is 1. The number of benzene rings is 1. The number of amides is 1. The molecule has 2 rings (SSSR count). The highest BCUT2D eigenvalue weighted by Gasteiger charge is 2.15. The van der Waals surface area contributed by atoms with Crippen molar-refractivity contribution in [1.29, 1.82) is 0 Å². The lowest BCUT2D eigenvalue weighted by molar-refractivity contribution is -0.697. The van der Waals surface area contributed by atoms with E-state index in [2.05, 4.69) is 41.4 Å². The third kappa shape index (κ3) is 8.81. The van der Waals surface area contributed by atoms with Crippen molar-refractivity contribution in [3.63, 3.8) is 0 Å². The Kier molecular flexibility index (Phi) is 10.5. The zero-order valence-corrected chi connectivity index (χ0v) is 17.7. The molecule has 2 aromatic rings. The third-order valence-electron chi connectivity index (χ3n) is 4.49. The van der Waals surface area contributed by atoms with Crippen LogP contribution in [0.2, 0.25) is 0 Å². The second-order valence-corrected chi connectivity index (χ2v) is 7.93. The summed E-state index contributed by atoms with van der Waals surface area (Å²) in [5.74, 6) is -0.595. The number of aryl methyl sites for hydroxylation is 1. The molecule has 0 aliphatic heterocycles. The predicted octanol–water partition coefficient (Wildman–Crippen LogP) is 5.34. The Labute approximate surface area is 176 Å². The molecule has 0 saturated carbocycles. The van der Waals surface area contributed by atoms with Crippen molar-refractivity contribution in [2.24, 2.45) is 0 Å². The Morgan fingerprint density at radius 2 is 1.83 bits per heavy atom. The summed E-state index contributed by atoms with van der Waals surface area (Å²) in [6, 6.07) is 11.5. The zero-order valence-electron chi connectivity index (χ0n) is 16.9. The summed E-state index contributed by atoms with van der Waals surface area (Å²) in [7, 11) is 0. The molecule has 0 aliphatic carbocycles. The summed E-state index contributed by atoms with van der Waals surface area (Å²) < 4.78 is 26.9. The van der Waals surface area contributed by atoms with E-state index in [1.165, 1.54) is 44.1 Å². The van der Waals surface area contributed by atoms with Crippen molar-refractivity contribution in [1.82, 2.24) is 5.43 Å². The first-order valence-corrected chi connectivity index (χ1v) is 11.1. The Balaban J connectivity index is 1.84. The number of aromatic nitrogens is 1. The summed E-state index contributed by atoms with van der Waals surface area (Å²) in [6.07, 6.45) is 8.86. The molecule has 158 valence electrons. The van der Waals surface area contributed by atoms with E-state index >= 15 is 0 Å². The zero-order chi connectivity index (χ0) is 20.9. The normalized spacial score (nSPS) is 10.9. The summed E-state index contributed by atoms with van der Waals surface area (Å²) >= 11 is 1.59. The van der Waals surface area contributed by atoms with Gasteiger partial charge in [-0.1, -0.05) is 44.7 Å².